The summed E-state index contributed by atoms with van der Waals surface area (Å²) in [4.78, 5) is 16.0. The summed E-state index contributed by atoms with van der Waals surface area (Å²) in [5.41, 5.74) is 2.76. The first-order valence-corrected chi connectivity index (χ1v) is 8.61. The van der Waals surface area contributed by atoms with Crippen LogP contribution in [0.15, 0.2) is 48.1 Å². The first-order valence-electron chi connectivity index (χ1n) is 7.36. The van der Waals surface area contributed by atoms with E-state index in [1.807, 2.05) is 29.2 Å². The maximum atomic E-state index is 12.7. The molecular weight excluding hydrogens is 330 g/mol. The highest BCUT2D eigenvalue weighted by Crippen LogP contribution is 2.25. The van der Waals surface area contributed by atoms with Crippen molar-refractivity contribution >= 4 is 28.8 Å². The summed E-state index contributed by atoms with van der Waals surface area (Å²) in [7, 11) is 0. The number of hydrogen-bond acceptors (Lipinski definition) is 3. The predicted octanol–water partition coefficient (Wildman–Crippen LogP) is 3.79. The number of aromatic nitrogens is 2. The Balaban J connectivity index is 1.55. The van der Waals surface area contributed by atoms with Crippen LogP contribution in [0.3, 0.4) is 0 Å². The molecule has 3 aromatic rings. The van der Waals surface area contributed by atoms with Gasteiger partial charge in [0.15, 0.2) is 0 Å². The van der Waals surface area contributed by atoms with Gasteiger partial charge in [-0.3, -0.25) is 4.79 Å². The average molecular weight is 344 g/mol. The molecule has 3 heterocycles. The van der Waals surface area contributed by atoms with E-state index in [0.29, 0.717) is 17.1 Å². The van der Waals surface area contributed by atoms with Crippen molar-refractivity contribution < 1.29 is 4.79 Å². The molecule has 0 fully saturated rings. The van der Waals surface area contributed by atoms with E-state index < -0.39 is 0 Å². The quantitative estimate of drug-likeness (QED) is 0.710. The molecule has 6 heteroatoms. The summed E-state index contributed by atoms with van der Waals surface area (Å²) in [6, 6.07) is 9.48. The molecule has 1 aromatic carbocycles. The summed E-state index contributed by atoms with van der Waals surface area (Å²) >= 11 is 7.67. The highest BCUT2D eigenvalue weighted by Gasteiger charge is 2.23. The molecule has 0 atom stereocenters. The number of amides is 1. The van der Waals surface area contributed by atoms with Gasteiger partial charge in [-0.2, -0.15) is 5.10 Å². The molecule has 116 valence electrons. The fourth-order valence-electron chi connectivity index (χ4n) is 2.77. The van der Waals surface area contributed by atoms with Gasteiger partial charge < -0.3 is 4.90 Å². The Bertz CT molecular complexity index is 853. The van der Waals surface area contributed by atoms with E-state index in [9.17, 15) is 4.79 Å². The zero-order chi connectivity index (χ0) is 15.8. The monoisotopic (exact) mass is 343 g/mol. The Morgan fingerprint density at radius 2 is 2.04 bits per heavy atom. The molecule has 1 aliphatic rings. The van der Waals surface area contributed by atoms with Crippen LogP contribution in [-0.2, 0) is 13.0 Å². The fraction of sp³-hybridized carbons (Fsp3) is 0.176. The topological polar surface area (TPSA) is 38.1 Å². The third-order valence-electron chi connectivity index (χ3n) is 4.02. The molecular formula is C17H14ClN3OS. The van der Waals surface area contributed by atoms with Crippen LogP contribution in [0.4, 0.5) is 0 Å². The van der Waals surface area contributed by atoms with Gasteiger partial charge in [0, 0.05) is 29.2 Å². The molecule has 0 saturated heterocycles. The van der Waals surface area contributed by atoms with Crippen molar-refractivity contribution in [2.45, 2.75) is 13.0 Å². The van der Waals surface area contributed by atoms with Crippen LogP contribution >= 0.6 is 22.9 Å². The molecule has 1 amide bonds. The summed E-state index contributed by atoms with van der Waals surface area (Å²) in [5, 5.41) is 7.07. The number of hydrogen-bond donors (Lipinski definition) is 0. The van der Waals surface area contributed by atoms with E-state index >= 15 is 0 Å². The number of rotatable bonds is 2. The number of thiophene rings is 1. The van der Waals surface area contributed by atoms with Crippen molar-refractivity contribution in [1.29, 1.82) is 0 Å². The number of benzene rings is 1. The van der Waals surface area contributed by atoms with Gasteiger partial charge in [0.1, 0.15) is 0 Å². The molecule has 0 aliphatic carbocycles. The van der Waals surface area contributed by atoms with Gasteiger partial charge in [0.2, 0.25) is 0 Å². The molecule has 0 N–H and O–H groups in total. The molecule has 4 nitrogen and oxygen atoms in total. The van der Waals surface area contributed by atoms with Crippen LogP contribution < -0.4 is 0 Å². The van der Waals surface area contributed by atoms with Crippen molar-refractivity contribution in [3.05, 3.63) is 69.1 Å². The Hall–Kier alpha value is -2.11. The van der Waals surface area contributed by atoms with Crippen molar-refractivity contribution in [2.75, 3.05) is 6.54 Å². The van der Waals surface area contributed by atoms with Gasteiger partial charge >= 0.3 is 0 Å². The van der Waals surface area contributed by atoms with E-state index in [0.717, 1.165) is 18.7 Å². The Morgan fingerprint density at radius 3 is 2.87 bits per heavy atom. The normalized spacial score (nSPS) is 13.9. The van der Waals surface area contributed by atoms with Crippen LogP contribution in [0, 0.1) is 0 Å². The standard InChI is InChI=1S/C17H14ClN3OS/c18-14-1-3-15(4-2-14)21-11-13(9-19-21)17(22)20-7-5-16-12(10-20)6-8-23-16/h1-4,6,8-9,11H,5,7,10H2. The van der Waals surface area contributed by atoms with E-state index in [-0.39, 0.29) is 5.91 Å². The Morgan fingerprint density at radius 1 is 1.22 bits per heavy atom. The second-order valence-corrected chi connectivity index (χ2v) is 6.93. The number of nitrogens with zero attached hydrogens (tertiary/aromatic N) is 3. The first-order chi connectivity index (χ1) is 11.2. The second-order valence-electron chi connectivity index (χ2n) is 5.50. The van der Waals surface area contributed by atoms with Crippen LogP contribution in [0.5, 0.6) is 0 Å². The zero-order valence-electron chi connectivity index (χ0n) is 12.3. The highest BCUT2D eigenvalue weighted by atomic mass is 35.5. The minimum atomic E-state index is 0.0297. The van der Waals surface area contributed by atoms with E-state index in [1.165, 1.54) is 10.4 Å². The lowest BCUT2D eigenvalue weighted by molar-refractivity contribution is 0.0736. The van der Waals surface area contributed by atoms with Crippen molar-refractivity contribution in [3.63, 3.8) is 0 Å². The lowest BCUT2D eigenvalue weighted by Gasteiger charge is -2.26. The van der Waals surface area contributed by atoms with Crippen LogP contribution in [0.1, 0.15) is 20.8 Å². The fourth-order valence-corrected chi connectivity index (χ4v) is 3.79. The Labute approximate surface area is 142 Å². The molecule has 0 radical (unpaired) electrons. The predicted molar refractivity (Wildman–Crippen MR) is 91.3 cm³/mol. The number of halogens is 1. The molecule has 1 aliphatic heterocycles. The van der Waals surface area contributed by atoms with E-state index in [1.54, 1.807) is 28.4 Å². The summed E-state index contributed by atoms with van der Waals surface area (Å²) in [6.45, 7) is 1.45. The van der Waals surface area contributed by atoms with Gasteiger partial charge in [-0.15, -0.1) is 11.3 Å². The van der Waals surface area contributed by atoms with Crippen LogP contribution in [-0.4, -0.2) is 27.1 Å². The van der Waals surface area contributed by atoms with E-state index in [2.05, 4.69) is 16.5 Å². The van der Waals surface area contributed by atoms with Gasteiger partial charge in [-0.25, -0.2) is 4.68 Å². The minimum absolute atomic E-state index is 0.0297. The number of carbonyl (C=O) groups is 1. The molecule has 4 rings (SSSR count). The third-order valence-corrected chi connectivity index (χ3v) is 5.29. The van der Waals surface area contributed by atoms with Gasteiger partial charge in [-0.1, -0.05) is 11.6 Å². The summed E-state index contributed by atoms with van der Waals surface area (Å²) in [5.74, 6) is 0.0297. The molecule has 0 saturated carbocycles. The summed E-state index contributed by atoms with van der Waals surface area (Å²) in [6.07, 6.45) is 4.33. The minimum Gasteiger partial charge on any atom is -0.334 e. The zero-order valence-corrected chi connectivity index (χ0v) is 13.8. The third kappa shape index (κ3) is 2.78. The highest BCUT2D eigenvalue weighted by molar-refractivity contribution is 7.10. The largest absolute Gasteiger partial charge is 0.334 e. The lowest BCUT2D eigenvalue weighted by Crippen LogP contribution is -2.35. The molecule has 0 spiro atoms. The molecule has 0 unspecified atom stereocenters. The molecule has 23 heavy (non-hydrogen) atoms. The van der Waals surface area contributed by atoms with Gasteiger partial charge in [-0.05, 0) is 47.7 Å². The molecule has 0 bridgehead atoms. The van der Waals surface area contributed by atoms with Gasteiger partial charge in [0.25, 0.3) is 5.91 Å². The van der Waals surface area contributed by atoms with Crippen LogP contribution in [0.2, 0.25) is 5.02 Å². The second kappa shape index (κ2) is 5.83. The lowest BCUT2D eigenvalue weighted by atomic mass is 10.1. The SMILES string of the molecule is O=C(c1cnn(-c2ccc(Cl)cc2)c1)N1CCc2sccc2C1. The van der Waals surface area contributed by atoms with E-state index in [4.69, 9.17) is 11.6 Å². The Kier molecular flexibility index (Phi) is 3.67. The number of carbonyl (C=O) groups excluding carboxylic acids is 1. The molecule has 2 aromatic heterocycles. The maximum absolute atomic E-state index is 12.7. The van der Waals surface area contributed by atoms with Crippen molar-refractivity contribution in [3.8, 4) is 5.69 Å². The van der Waals surface area contributed by atoms with Crippen molar-refractivity contribution in [2.24, 2.45) is 0 Å². The van der Waals surface area contributed by atoms with Crippen molar-refractivity contribution in [1.82, 2.24) is 14.7 Å². The first kappa shape index (κ1) is 14.5. The van der Waals surface area contributed by atoms with Crippen LogP contribution in [0.25, 0.3) is 5.69 Å². The maximum Gasteiger partial charge on any atom is 0.257 e. The van der Waals surface area contributed by atoms with Gasteiger partial charge in [0.05, 0.1) is 17.4 Å². The average Bonchev–Trinajstić information content (AvgIpc) is 3.23. The smallest absolute Gasteiger partial charge is 0.257 e. The summed E-state index contributed by atoms with van der Waals surface area (Å²) < 4.78 is 1.70. The number of fused-ring (bicyclic) bond motifs is 1.